The fraction of sp³-hybridized carbons (Fsp3) is 1.00. The average molecular weight is 529 g/mol. The highest BCUT2D eigenvalue weighted by molar-refractivity contribution is 6.58. The largest absolute Gasteiger partial charge is 0.369 e. The van der Waals surface area contributed by atoms with E-state index in [1.54, 1.807) is 11.7 Å². The minimum atomic E-state index is -0.296. The molecule has 0 saturated heterocycles. The van der Waals surface area contributed by atoms with Gasteiger partial charge in [0.1, 0.15) is 0 Å². The van der Waals surface area contributed by atoms with Gasteiger partial charge in [0.15, 0.2) is 0 Å². The van der Waals surface area contributed by atoms with Gasteiger partial charge in [-0.2, -0.15) is 0 Å². The molecule has 14 heteroatoms. The molecule has 6 nitrogen and oxygen atoms in total. The summed E-state index contributed by atoms with van der Waals surface area (Å²) in [6.45, 7) is 4.61. The summed E-state index contributed by atoms with van der Waals surface area (Å²) in [5.41, 5.74) is 14.4. The van der Waals surface area contributed by atoms with Crippen molar-refractivity contribution in [3.05, 3.63) is 0 Å². The number of rotatable bonds is 21. The summed E-state index contributed by atoms with van der Waals surface area (Å²) in [6, 6.07) is 8.32. The number of nitrogens with one attached hydrogen (secondary N) is 4. The van der Waals surface area contributed by atoms with Gasteiger partial charge in [-0.15, -0.1) is 0 Å². The molecule has 170 valence electrons. The van der Waals surface area contributed by atoms with E-state index in [4.69, 9.17) is 11.5 Å². The van der Waals surface area contributed by atoms with E-state index in [0.29, 0.717) is 6.17 Å². The third-order valence-electron chi connectivity index (χ3n) is 5.65. The van der Waals surface area contributed by atoms with Crippen LogP contribution in [0.1, 0.15) is 13.8 Å². The summed E-state index contributed by atoms with van der Waals surface area (Å²) in [5.74, 6) is 1.01. The third kappa shape index (κ3) is 17.2. The van der Waals surface area contributed by atoms with Crippen molar-refractivity contribution in [2.75, 3.05) is 7.05 Å². The first kappa shape index (κ1) is 29.5. The van der Waals surface area contributed by atoms with Gasteiger partial charge in [0.25, 0.3) is 0 Å². The van der Waals surface area contributed by atoms with Gasteiger partial charge >= 0.3 is 0 Å². The molecule has 0 fully saturated rings. The predicted octanol–water partition coefficient (Wildman–Crippen LogP) is -6.05. The van der Waals surface area contributed by atoms with Crippen molar-refractivity contribution < 1.29 is 0 Å². The molecule has 0 aliphatic heterocycles. The smallest absolute Gasteiger partial charge is 0.0948 e. The van der Waals surface area contributed by atoms with Crippen molar-refractivity contribution in [3.63, 3.8) is 0 Å². The zero-order valence-corrected chi connectivity index (χ0v) is 31.3. The van der Waals surface area contributed by atoms with Gasteiger partial charge in [-0.25, -0.2) is 0 Å². The van der Waals surface area contributed by atoms with Crippen LogP contribution in [0.25, 0.3) is 0 Å². The highest BCUT2D eigenvalue weighted by atomic mass is 28.3. The summed E-state index contributed by atoms with van der Waals surface area (Å²) in [7, 11) is 3.08. The van der Waals surface area contributed by atoms with E-state index in [0.717, 1.165) is 11.1 Å². The van der Waals surface area contributed by atoms with Gasteiger partial charge < -0.3 is 31.1 Å². The molecule has 0 saturated carbocycles. The lowest BCUT2D eigenvalue weighted by Crippen LogP contribution is -2.49. The minimum absolute atomic E-state index is 0.0270. The first-order chi connectivity index (χ1) is 13.6. The molecular weight excluding hydrogens is 477 g/mol. The molecule has 28 heavy (non-hydrogen) atoms. The van der Waals surface area contributed by atoms with Crippen molar-refractivity contribution in [1.29, 1.82) is 0 Å². The summed E-state index contributed by atoms with van der Waals surface area (Å²) >= 11 is 0. The van der Waals surface area contributed by atoms with Crippen molar-refractivity contribution >= 4 is 77.7 Å². The number of nitrogens with two attached hydrogens (primary N) is 2. The van der Waals surface area contributed by atoms with Crippen LogP contribution >= 0.6 is 0 Å². The average Bonchev–Trinajstić information content (AvgIpc) is 2.70. The molecule has 0 aromatic rings. The maximum Gasteiger partial charge on any atom is 0.0948 e. The van der Waals surface area contributed by atoms with Gasteiger partial charge in [0, 0.05) is 41.6 Å². The van der Waals surface area contributed by atoms with Crippen LogP contribution in [0.3, 0.4) is 0 Å². The third-order valence-corrected chi connectivity index (χ3v) is 23.4. The quantitative estimate of drug-likeness (QED) is 0.0504. The number of hydrogen-bond donors (Lipinski definition) is 6. The van der Waals surface area contributed by atoms with Gasteiger partial charge in [-0.05, 0) is 30.2 Å². The second kappa shape index (κ2) is 21.7. The fourth-order valence-corrected chi connectivity index (χ4v) is 23.4. The Balaban J connectivity index is 4.49. The molecule has 0 amide bonds. The molecule has 4 atom stereocenters. The Labute approximate surface area is 194 Å². The lowest BCUT2D eigenvalue weighted by molar-refractivity contribution is 0.636. The lowest BCUT2D eigenvalue weighted by atomic mass is 10.2. The van der Waals surface area contributed by atoms with Crippen LogP contribution in [-0.2, 0) is 0 Å². The van der Waals surface area contributed by atoms with Crippen LogP contribution in [0.15, 0.2) is 0 Å². The van der Waals surface area contributed by atoms with Crippen LogP contribution in [0, 0.1) is 5.92 Å². The predicted molar refractivity (Wildman–Crippen MR) is 156 cm³/mol. The van der Waals surface area contributed by atoms with Crippen LogP contribution in [0.5, 0.6) is 0 Å². The summed E-state index contributed by atoms with van der Waals surface area (Å²) in [6.07, 6.45) is 0.556. The Bertz CT molecular complexity index is 336. The fourth-order valence-electron chi connectivity index (χ4n) is 3.68. The van der Waals surface area contributed by atoms with E-state index in [9.17, 15) is 0 Å². The Morgan fingerprint density at radius 2 is 1.54 bits per heavy atom. The second-order valence-corrected chi connectivity index (χ2v) is 26.1. The molecule has 0 aromatic heterocycles. The second-order valence-electron chi connectivity index (χ2n) is 8.24. The highest BCUT2D eigenvalue weighted by Gasteiger charge is 2.22. The Kier molecular flexibility index (Phi) is 22.9. The molecule has 0 aliphatic rings. The Morgan fingerprint density at radius 1 is 0.857 bits per heavy atom. The van der Waals surface area contributed by atoms with Gasteiger partial charge in [0.05, 0.1) is 48.4 Å². The number of hydrogen-bond acceptors (Lipinski definition) is 6. The molecule has 4 unspecified atom stereocenters. The van der Waals surface area contributed by atoms with Crippen molar-refractivity contribution in [1.82, 2.24) is 19.6 Å². The maximum absolute atomic E-state index is 6.43. The van der Waals surface area contributed by atoms with Gasteiger partial charge in [-0.1, -0.05) is 43.7 Å². The molecule has 0 spiro atoms. The van der Waals surface area contributed by atoms with Crippen LogP contribution < -0.4 is 31.1 Å². The molecular formula is C14H52N6Si8. The van der Waals surface area contributed by atoms with Crippen molar-refractivity contribution in [2.45, 2.75) is 73.3 Å². The molecule has 0 heterocycles. The van der Waals surface area contributed by atoms with E-state index >= 15 is 0 Å². The van der Waals surface area contributed by atoms with E-state index < -0.39 is 0 Å². The van der Waals surface area contributed by atoms with Gasteiger partial charge in [0.2, 0.25) is 0 Å². The molecule has 0 aliphatic carbocycles. The van der Waals surface area contributed by atoms with E-state index in [2.05, 4.69) is 40.5 Å². The van der Waals surface area contributed by atoms with E-state index in [1.165, 1.54) is 40.5 Å². The van der Waals surface area contributed by atoms with Crippen molar-refractivity contribution in [3.8, 4) is 0 Å². The monoisotopic (exact) mass is 528 g/mol. The SMILES string of the molecule is CC[SiH2]CC(N)N[SiH2]C([SiH2]NC(N)C[SiH2]N[SiH2]CC)C(C[SiH3])C[SiH2]C[SiH2]NC. The van der Waals surface area contributed by atoms with Gasteiger partial charge in [-0.3, -0.25) is 0 Å². The van der Waals surface area contributed by atoms with Crippen LogP contribution in [0.2, 0.25) is 47.1 Å². The van der Waals surface area contributed by atoms with Crippen molar-refractivity contribution in [2.24, 2.45) is 17.4 Å². The Morgan fingerprint density at radius 3 is 2.11 bits per heavy atom. The summed E-state index contributed by atoms with van der Waals surface area (Å²) < 4.78 is 3.75. The minimum Gasteiger partial charge on any atom is -0.369 e. The molecule has 0 radical (unpaired) electrons. The van der Waals surface area contributed by atoms with E-state index in [1.807, 2.05) is 0 Å². The lowest BCUT2D eigenvalue weighted by Gasteiger charge is -2.29. The zero-order chi connectivity index (χ0) is 21.0. The summed E-state index contributed by atoms with van der Waals surface area (Å²) in [5, 5.41) is 0.973. The first-order valence-corrected chi connectivity index (χ1v) is 25.5. The topological polar surface area (TPSA) is 100 Å². The van der Waals surface area contributed by atoms with Crippen LogP contribution in [-0.4, -0.2) is 97.1 Å². The Hall–Kier alpha value is 1.50. The standard InChI is InChI=1S/C14H52N6Si8/c1-4-22-8-12(15)18-27-14(11(6-21)7-23-10-26-17-3)28-19-13(16)9-25-20-24-5-2/h11-14,17-20H,4-10,15-16,22-28H2,1-3,21H3. The molecule has 0 bridgehead atoms. The highest BCUT2D eigenvalue weighted by Crippen LogP contribution is 2.23. The van der Waals surface area contributed by atoms with Crippen LogP contribution in [0.4, 0.5) is 0 Å². The first-order valence-electron chi connectivity index (χ1n) is 11.9. The zero-order valence-electron chi connectivity index (χ0n) is 19.4. The molecule has 8 N–H and O–H groups in total. The summed E-state index contributed by atoms with van der Waals surface area (Å²) in [4.78, 5) is 11.2. The molecule has 0 rings (SSSR count). The maximum atomic E-state index is 6.43. The van der Waals surface area contributed by atoms with E-state index in [-0.39, 0.29) is 73.6 Å². The molecule has 0 aromatic carbocycles. The normalized spacial score (nSPS) is 19.2.